The van der Waals surface area contributed by atoms with Crippen molar-refractivity contribution in [3.63, 3.8) is 0 Å². The highest BCUT2D eigenvalue weighted by atomic mass is 16.3. The summed E-state index contributed by atoms with van der Waals surface area (Å²) in [5, 5.41) is 29.7. The van der Waals surface area contributed by atoms with Crippen LogP contribution >= 0.6 is 0 Å². The summed E-state index contributed by atoms with van der Waals surface area (Å²) >= 11 is 0. The van der Waals surface area contributed by atoms with Gasteiger partial charge in [-0.3, -0.25) is 5.10 Å². The van der Waals surface area contributed by atoms with Gasteiger partial charge in [0.1, 0.15) is 5.82 Å². The van der Waals surface area contributed by atoms with Crippen LogP contribution in [-0.4, -0.2) is 50.7 Å². The third-order valence-electron chi connectivity index (χ3n) is 2.68. The van der Waals surface area contributed by atoms with Crippen LogP contribution in [-0.2, 0) is 0 Å². The second-order valence-corrected chi connectivity index (χ2v) is 4.50. The predicted octanol–water partition coefficient (Wildman–Crippen LogP) is 0.255. The number of urea groups is 1. The van der Waals surface area contributed by atoms with Crippen LogP contribution < -0.4 is 10.6 Å². The largest absolute Gasteiger partial charge is 0.394 e. The van der Waals surface area contributed by atoms with Crippen LogP contribution in [0.25, 0.3) is 11.4 Å². The van der Waals surface area contributed by atoms with Crippen molar-refractivity contribution in [2.24, 2.45) is 0 Å². The molecular weight excluding hydrogens is 274 g/mol. The summed E-state index contributed by atoms with van der Waals surface area (Å²) in [6.45, 7) is 1.38. The number of aromatic nitrogens is 3. The van der Waals surface area contributed by atoms with E-state index in [1.807, 2.05) is 6.07 Å². The van der Waals surface area contributed by atoms with Crippen molar-refractivity contribution >= 4 is 11.7 Å². The standard InChI is InChI=1S/C13H17N5O3/c1-8-15-12(18-17-8)9-3-2-4-10(5-9)16-13(21)14-6-11(20)7-19/h2-5,11,19-20H,6-7H2,1H3,(H2,14,16,21)(H,15,17,18)/t11-/m1/s1. The first-order valence-corrected chi connectivity index (χ1v) is 6.41. The molecular formula is C13H17N5O3. The first-order valence-electron chi connectivity index (χ1n) is 6.41. The van der Waals surface area contributed by atoms with Crippen molar-refractivity contribution in [2.45, 2.75) is 13.0 Å². The van der Waals surface area contributed by atoms with Gasteiger partial charge in [0.15, 0.2) is 5.82 Å². The molecule has 8 heteroatoms. The highest BCUT2D eigenvalue weighted by Gasteiger charge is 2.08. The van der Waals surface area contributed by atoms with Gasteiger partial charge in [0.2, 0.25) is 0 Å². The van der Waals surface area contributed by atoms with Crippen molar-refractivity contribution in [1.82, 2.24) is 20.5 Å². The highest BCUT2D eigenvalue weighted by Crippen LogP contribution is 2.19. The molecule has 0 spiro atoms. The predicted molar refractivity (Wildman–Crippen MR) is 76.7 cm³/mol. The summed E-state index contributed by atoms with van der Waals surface area (Å²) < 4.78 is 0. The Labute approximate surface area is 121 Å². The van der Waals surface area contributed by atoms with E-state index in [0.29, 0.717) is 17.3 Å². The van der Waals surface area contributed by atoms with Gasteiger partial charge in [-0.2, -0.15) is 5.10 Å². The van der Waals surface area contributed by atoms with Crippen LogP contribution in [0.15, 0.2) is 24.3 Å². The Kier molecular flexibility index (Phi) is 4.85. The number of benzene rings is 1. The molecule has 0 aliphatic carbocycles. The molecule has 2 amide bonds. The smallest absolute Gasteiger partial charge is 0.319 e. The molecule has 21 heavy (non-hydrogen) atoms. The average Bonchev–Trinajstić information content (AvgIpc) is 2.91. The lowest BCUT2D eigenvalue weighted by Crippen LogP contribution is -2.36. The zero-order valence-electron chi connectivity index (χ0n) is 11.5. The molecule has 0 aliphatic heterocycles. The number of carbonyl (C=O) groups is 1. The Morgan fingerprint density at radius 3 is 2.95 bits per heavy atom. The van der Waals surface area contributed by atoms with E-state index >= 15 is 0 Å². The summed E-state index contributed by atoms with van der Waals surface area (Å²) in [4.78, 5) is 15.8. The molecule has 1 aromatic carbocycles. The van der Waals surface area contributed by atoms with E-state index in [-0.39, 0.29) is 6.54 Å². The van der Waals surface area contributed by atoms with Gasteiger partial charge in [-0.15, -0.1) is 0 Å². The summed E-state index contributed by atoms with van der Waals surface area (Å²) in [7, 11) is 0. The SMILES string of the molecule is Cc1nc(-c2cccc(NC(=O)NC[C@@H](O)CO)c2)n[nH]1. The number of aliphatic hydroxyl groups is 2. The van der Waals surface area contributed by atoms with Gasteiger partial charge < -0.3 is 20.8 Å². The fourth-order valence-electron chi connectivity index (χ4n) is 1.66. The number of nitrogens with zero attached hydrogens (tertiary/aromatic N) is 2. The second-order valence-electron chi connectivity index (χ2n) is 4.50. The van der Waals surface area contributed by atoms with Crippen molar-refractivity contribution in [2.75, 3.05) is 18.5 Å². The van der Waals surface area contributed by atoms with E-state index in [1.54, 1.807) is 25.1 Å². The topological polar surface area (TPSA) is 123 Å². The molecule has 1 aromatic heterocycles. The van der Waals surface area contributed by atoms with E-state index in [9.17, 15) is 4.79 Å². The molecule has 2 aromatic rings. The van der Waals surface area contributed by atoms with Crippen molar-refractivity contribution in [3.8, 4) is 11.4 Å². The highest BCUT2D eigenvalue weighted by molar-refractivity contribution is 5.89. The minimum absolute atomic E-state index is 0.0257. The molecule has 0 radical (unpaired) electrons. The number of anilines is 1. The minimum Gasteiger partial charge on any atom is -0.394 e. The molecule has 0 unspecified atom stereocenters. The second kappa shape index (κ2) is 6.82. The molecule has 1 atom stereocenters. The van der Waals surface area contributed by atoms with Gasteiger partial charge in [-0.1, -0.05) is 12.1 Å². The quantitative estimate of drug-likeness (QED) is 0.540. The Morgan fingerprint density at radius 1 is 1.48 bits per heavy atom. The lowest BCUT2D eigenvalue weighted by atomic mass is 10.2. The average molecular weight is 291 g/mol. The van der Waals surface area contributed by atoms with Crippen LogP contribution in [0.1, 0.15) is 5.82 Å². The third kappa shape index (κ3) is 4.26. The number of hydrogen-bond donors (Lipinski definition) is 5. The Morgan fingerprint density at radius 2 is 2.29 bits per heavy atom. The van der Waals surface area contributed by atoms with Gasteiger partial charge >= 0.3 is 6.03 Å². The van der Waals surface area contributed by atoms with Gasteiger partial charge in [-0.05, 0) is 19.1 Å². The summed E-state index contributed by atoms with van der Waals surface area (Å²) in [5.74, 6) is 1.26. The third-order valence-corrected chi connectivity index (χ3v) is 2.68. The van der Waals surface area contributed by atoms with E-state index in [4.69, 9.17) is 10.2 Å². The molecule has 0 aliphatic rings. The molecule has 0 saturated heterocycles. The van der Waals surface area contributed by atoms with Crippen molar-refractivity contribution in [3.05, 3.63) is 30.1 Å². The fraction of sp³-hybridized carbons (Fsp3) is 0.308. The number of hydrogen-bond acceptors (Lipinski definition) is 5. The van der Waals surface area contributed by atoms with Gasteiger partial charge in [-0.25, -0.2) is 9.78 Å². The number of rotatable bonds is 5. The molecule has 8 nitrogen and oxygen atoms in total. The van der Waals surface area contributed by atoms with Crippen LogP contribution in [0.3, 0.4) is 0 Å². The maximum absolute atomic E-state index is 11.6. The van der Waals surface area contributed by atoms with Crippen LogP contribution in [0, 0.1) is 6.92 Å². The number of aryl methyl sites for hydroxylation is 1. The number of carbonyl (C=O) groups excluding carboxylic acids is 1. The van der Waals surface area contributed by atoms with Crippen LogP contribution in [0.4, 0.5) is 10.5 Å². The number of amides is 2. The molecule has 5 N–H and O–H groups in total. The minimum atomic E-state index is -0.974. The normalized spacial score (nSPS) is 12.0. The Bertz CT molecular complexity index is 613. The maximum atomic E-state index is 11.6. The molecule has 0 bridgehead atoms. The van der Waals surface area contributed by atoms with E-state index in [1.165, 1.54) is 0 Å². The van der Waals surface area contributed by atoms with E-state index in [0.717, 1.165) is 5.56 Å². The number of aliphatic hydroxyl groups excluding tert-OH is 2. The fourth-order valence-corrected chi connectivity index (χ4v) is 1.66. The summed E-state index contributed by atoms with van der Waals surface area (Å²) in [5.41, 5.74) is 1.35. The van der Waals surface area contributed by atoms with Gasteiger partial charge in [0, 0.05) is 17.8 Å². The molecule has 112 valence electrons. The molecule has 0 fully saturated rings. The Balaban J connectivity index is 1.99. The van der Waals surface area contributed by atoms with Crippen molar-refractivity contribution < 1.29 is 15.0 Å². The summed E-state index contributed by atoms with van der Waals surface area (Å²) in [6.07, 6.45) is -0.974. The monoisotopic (exact) mass is 291 g/mol. The van der Waals surface area contributed by atoms with Crippen LogP contribution in [0.2, 0.25) is 0 Å². The molecule has 0 saturated carbocycles. The maximum Gasteiger partial charge on any atom is 0.319 e. The Hall–Kier alpha value is -2.45. The van der Waals surface area contributed by atoms with E-state index in [2.05, 4.69) is 25.8 Å². The first-order chi connectivity index (χ1) is 10.1. The molecule has 1 heterocycles. The zero-order valence-corrected chi connectivity index (χ0v) is 11.5. The summed E-state index contributed by atoms with van der Waals surface area (Å²) in [6, 6.07) is 6.61. The number of aromatic amines is 1. The lowest BCUT2D eigenvalue weighted by molar-refractivity contribution is 0.0965. The number of nitrogens with one attached hydrogen (secondary N) is 3. The lowest BCUT2D eigenvalue weighted by Gasteiger charge is -2.10. The first kappa shape index (κ1) is 14.9. The van der Waals surface area contributed by atoms with E-state index < -0.39 is 18.7 Å². The van der Waals surface area contributed by atoms with Crippen molar-refractivity contribution in [1.29, 1.82) is 0 Å². The molecule has 2 rings (SSSR count). The number of H-pyrrole nitrogens is 1. The van der Waals surface area contributed by atoms with Gasteiger partial charge in [0.25, 0.3) is 0 Å². The van der Waals surface area contributed by atoms with Gasteiger partial charge in [0.05, 0.1) is 12.7 Å². The van der Waals surface area contributed by atoms with Crippen LogP contribution in [0.5, 0.6) is 0 Å². The zero-order chi connectivity index (χ0) is 15.2.